The van der Waals surface area contributed by atoms with Crippen LogP contribution in [0.5, 0.6) is 5.75 Å². The van der Waals surface area contributed by atoms with Crippen LogP contribution in [0.2, 0.25) is 0 Å². The van der Waals surface area contributed by atoms with Gasteiger partial charge in [0.25, 0.3) is 0 Å². The van der Waals surface area contributed by atoms with Gasteiger partial charge in [-0.15, -0.1) is 0 Å². The second-order valence-electron chi connectivity index (χ2n) is 5.80. The zero-order valence-corrected chi connectivity index (χ0v) is 11.1. The Morgan fingerprint density at radius 3 is 2.28 bits per heavy atom. The maximum atomic E-state index is 6.15. The van der Waals surface area contributed by atoms with Gasteiger partial charge >= 0.3 is 0 Å². The van der Waals surface area contributed by atoms with Crippen molar-refractivity contribution in [3.8, 4) is 5.75 Å². The smallest absolute Gasteiger partial charge is 0.119 e. The van der Waals surface area contributed by atoms with Gasteiger partial charge in [-0.3, -0.25) is 0 Å². The predicted molar refractivity (Wildman–Crippen MR) is 75.0 cm³/mol. The van der Waals surface area contributed by atoms with Gasteiger partial charge in [-0.2, -0.15) is 0 Å². The van der Waals surface area contributed by atoms with Crippen molar-refractivity contribution in [2.24, 2.45) is 11.1 Å². The van der Waals surface area contributed by atoms with Crippen LogP contribution in [-0.2, 0) is 0 Å². The zero-order valence-electron chi connectivity index (χ0n) is 11.1. The van der Waals surface area contributed by atoms with Gasteiger partial charge in [0.15, 0.2) is 0 Å². The summed E-state index contributed by atoms with van der Waals surface area (Å²) < 4.78 is 5.24. The molecule has 2 aromatic carbocycles. The molecule has 0 saturated heterocycles. The van der Waals surface area contributed by atoms with Crippen LogP contribution in [-0.4, -0.2) is 13.2 Å². The van der Waals surface area contributed by atoms with Crippen LogP contribution in [0.25, 0.3) is 10.8 Å². The molecule has 0 bridgehead atoms. The number of fused-ring (bicyclic) bond motifs is 1. The number of hydrogen-bond acceptors (Lipinski definition) is 2. The van der Waals surface area contributed by atoms with E-state index in [4.69, 9.17) is 10.5 Å². The van der Waals surface area contributed by atoms with Crippen molar-refractivity contribution >= 4 is 10.8 Å². The number of benzene rings is 2. The van der Waals surface area contributed by atoms with Gasteiger partial charge < -0.3 is 10.5 Å². The Morgan fingerprint density at radius 2 is 1.67 bits per heavy atom. The highest BCUT2D eigenvalue weighted by Crippen LogP contribution is 2.57. The average Bonchev–Trinajstić information content (AvgIpc) is 2.87. The van der Waals surface area contributed by atoms with Gasteiger partial charge in [-0.05, 0) is 33.9 Å². The number of ether oxygens (including phenoxy) is 1. The summed E-state index contributed by atoms with van der Waals surface area (Å²) in [4.78, 5) is 0. The minimum Gasteiger partial charge on any atom is -0.497 e. The second-order valence-corrected chi connectivity index (χ2v) is 5.80. The molecule has 2 aromatic rings. The fraction of sp³-hybridized carbons (Fsp3) is 0.375. The topological polar surface area (TPSA) is 35.2 Å². The fourth-order valence-corrected chi connectivity index (χ4v) is 2.88. The Balaban J connectivity index is 2.03. The summed E-state index contributed by atoms with van der Waals surface area (Å²) in [5.74, 6) is 1.39. The van der Waals surface area contributed by atoms with Crippen LogP contribution in [0.1, 0.15) is 25.3 Å². The SMILES string of the molecule is COc1ccc2cc([C@@H]3[C@@H](N)C3(C)C)ccc2c1. The lowest BCUT2D eigenvalue weighted by Crippen LogP contribution is -2.06. The highest BCUT2D eigenvalue weighted by Gasteiger charge is 2.56. The molecule has 1 fully saturated rings. The summed E-state index contributed by atoms with van der Waals surface area (Å²) in [7, 11) is 1.70. The van der Waals surface area contributed by atoms with Crippen molar-refractivity contribution in [1.82, 2.24) is 0 Å². The molecule has 3 rings (SSSR count). The average molecular weight is 241 g/mol. The van der Waals surface area contributed by atoms with Gasteiger partial charge in [-0.25, -0.2) is 0 Å². The summed E-state index contributed by atoms with van der Waals surface area (Å²) in [5, 5.41) is 2.47. The summed E-state index contributed by atoms with van der Waals surface area (Å²) >= 11 is 0. The van der Waals surface area contributed by atoms with E-state index >= 15 is 0 Å². The van der Waals surface area contributed by atoms with Crippen molar-refractivity contribution in [1.29, 1.82) is 0 Å². The molecule has 1 aliphatic rings. The largest absolute Gasteiger partial charge is 0.497 e. The van der Waals surface area contributed by atoms with Crippen molar-refractivity contribution in [2.45, 2.75) is 25.8 Å². The highest BCUT2D eigenvalue weighted by molar-refractivity contribution is 5.84. The third-order valence-electron chi connectivity index (χ3n) is 4.34. The molecule has 18 heavy (non-hydrogen) atoms. The number of methoxy groups -OCH3 is 1. The first-order valence-corrected chi connectivity index (χ1v) is 6.37. The van der Waals surface area contributed by atoms with Crippen LogP contribution in [0, 0.1) is 5.41 Å². The molecule has 94 valence electrons. The third-order valence-corrected chi connectivity index (χ3v) is 4.34. The lowest BCUT2D eigenvalue weighted by Gasteiger charge is -2.06. The molecule has 2 nitrogen and oxygen atoms in total. The van der Waals surface area contributed by atoms with Gasteiger partial charge in [-0.1, -0.05) is 38.1 Å². The molecule has 0 radical (unpaired) electrons. The van der Waals surface area contributed by atoms with E-state index in [1.165, 1.54) is 16.3 Å². The summed E-state index contributed by atoms with van der Waals surface area (Å²) in [6, 6.07) is 13.1. The molecule has 0 aromatic heterocycles. The molecular weight excluding hydrogens is 222 g/mol. The van der Waals surface area contributed by atoms with Crippen LogP contribution < -0.4 is 10.5 Å². The molecule has 0 spiro atoms. The minimum absolute atomic E-state index is 0.236. The monoisotopic (exact) mass is 241 g/mol. The number of rotatable bonds is 2. The summed E-state index contributed by atoms with van der Waals surface area (Å²) in [5.41, 5.74) is 7.73. The molecule has 1 aliphatic carbocycles. The second kappa shape index (κ2) is 3.72. The van der Waals surface area contributed by atoms with E-state index in [0.29, 0.717) is 5.92 Å². The molecule has 0 amide bonds. The van der Waals surface area contributed by atoms with E-state index in [1.54, 1.807) is 7.11 Å². The molecule has 2 N–H and O–H groups in total. The maximum absolute atomic E-state index is 6.15. The maximum Gasteiger partial charge on any atom is 0.119 e. The third kappa shape index (κ3) is 1.60. The Labute approximate surface area is 108 Å². The van der Waals surface area contributed by atoms with Crippen molar-refractivity contribution in [2.75, 3.05) is 7.11 Å². The Bertz CT molecular complexity index is 603. The van der Waals surface area contributed by atoms with Crippen molar-refractivity contribution in [3.05, 3.63) is 42.0 Å². The minimum atomic E-state index is 0.236. The number of hydrogen-bond donors (Lipinski definition) is 1. The standard InChI is InChI=1S/C16H19NO/c1-16(2)14(15(16)17)12-5-4-11-9-13(18-3)7-6-10(11)8-12/h4-9,14-15H,17H2,1-3H3/t14-,15-/m1/s1. The first kappa shape index (κ1) is 11.5. The predicted octanol–water partition coefficient (Wildman–Crippen LogP) is 3.30. The zero-order chi connectivity index (χ0) is 12.9. The first-order valence-electron chi connectivity index (χ1n) is 6.37. The van der Waals surface area contributed by atoms with E-state index in [2.05, 4.69) is 44.2 Å². The molecule has 1 saturated carbocycles. The van der Waals surface area contributed by atoms with E-state index in [9.17, 15) is 0 Å². The normalized spacial score (nSPS) is 25.1. The van der Waals surface area contributed by atoms with Gasteiger partial charge in [0.05, 0.1) is 7.11 Å². The lowest BCUT2D eigenvalue weighted by atomic mass is 10.00. The Morgan fingerprint density at radius 1 is 1.06 bits per heavy atom. The van der Waals surface area contributed by atoms with Crippen molar-refractivity contribution < 1.29 is 4.74 Å². The van der Waals surface area contributed by atoms with Gasteiger partial charge in [0.1, 0.15) is 5.75 Å². The first-order chi connectivity index (χ1) is 8.54. The summed E-state index contributed by atoms with van der Waals surface area (Å²) in [6.45, 7) is 4.47. The molecule has 0 aliphatic heterocycles. The van der Waals surface area contributed by atoms with E-state index in [1.807, 2.05) is 6.07 Å². The molecule has 0 heterocycles. The van der Waals surface area contributed by atoms with Crippen LogP contribution in [0.4, 0.5) is 0 Å². The number of nitrogens with two attached hydrogens (primary N) is 1. The Kier molecular flexibility index (Phi) is 2.39. The van der Waals surface area contributed by atoms with Crippen LogP contribution in [0.15, 0.2) is 36.4 Å². The molecule has 0 unspecified atom stereocenters. The quantitative estimate of drug-likeness (QED) is 0.875. The van der Waals surface area contributed by atoms with Gasteiger partial charge in [0.2, 0.25) is 0 Å². The lowest BCUT2D eigenvalue weighted by molar-refractivity contribution is 0.415. The van der Waals surface area contributed by atoms with E-state index in [0.717, 1.165) is 5.75 Å². The summed E-state index contributed by atoms with van der Waals surface area (Å²) in [6.07, 6.45) is 0. The van der Waals surface area contributed by atoms with Crippen LogP contribution >= 0.6 is 0 Å². The van der Waals surface area contributed by atoms with E-state index in [-0.39, 0.29) is 11.5 Å². The Hall–Kier alpha value is -1.54. The highest BCUT2D eigenvalue weighted by atomic mass is 16.5. The van der Waals surface area contributed by atoms with Crippen molar-refractivity contribution in [3.63, 3.8) is 0 Å². The van der Waals surface area contributed by atoms with E-state index < -0.39 is 0 Å². The fourth-order valence-electron chi connectivity index (χ4n) is 2.88. The van der Waals surface area contributed by atoms with Gasteiger partial charge in [0, 0.05) is 12.0 Å². The molecule has 2 heteroatoms. The van der Waals surface area contributed by atoms with Crippen LogP contribution in [0.3, 0.4) is 0 Å². The molecule has 2 atom stereocenters. The molecular formula is C16H19NO.